The van der Waals surface area contributed by atoms with E-state index in [2.05, 4.69) is 88.8 Å². The van der Waals surface area contributed by atoms with E-state index in [1.807, 2.05) is 24.3 Å². The summed E-state index contributed by atoms with van der Waals surface area (Å²) in [4.78, 5) is 12.9. The lowest BCUT2D eigenvalue weighted by atomic mass is 9.85. The molecule has 1 fully saturated rings. The lowest BCUT2D eigenvalue weighted by Crippen LogP contribution is -2.25. The molecule has 0 heterocycles. The Morgan fingerprint density at radius 2 is 1.59 bits per heavy atom. The molecule has 3 aromatic carbocycles. The Hall–Kier alpha value is -2.72. The zero-order valence-corrected chi connectivity index (χ0v) is 18.1. The first-order valence-corrected chi connectivity index (χ1v) is 10.5. The van der Waals surface area contributed by atoms with E-state index in [1.54, 1.807) is 6.21 Å². The summed E-state index contributed by atoms with van der Waals surface area (Å²) >= 11 is 3.44. The van der Waals surface area contributed by atoms with Crippen LogP contribution in [0.15, 0.2) is 82.4 Å². The zero-order valence-electron chi connectivity index (χ0n) is 16.5. The molecule has 1 amide bonds. The monoisotopic (exact) mass is 446 g/mol. The SMILES string of the molecule is Cc1ccc(C2(c3ccc(C)cc3)C[C@@H]2C(=O)N/N=C\c2cccc(Br)c2)cc1. The number of carbonyl (C=O) groups excluding carboxylic acids is 1. The number of halogens is 1. The van der Waals surface area contributed by atoms with Crippen molar-refractivity contribution in [1.82, 2.24) is 5.43 Å². The van der Waals surface area contributed by atoms with Crippen molar-refractivity contribution >= 4 is 28.1 Å². The van der Waals surface area contributed by atoms with Gasteiger partial charge in [0.1, 0.15) is 0 Å². The third kappa shape index (κ3) is 4.03. The molecule has 0 aliphatic heterocycles. The Balaban J connectivity index is 1.57. The highest BCUT2D eigenvalue weighted by Crippen LogP contribution is 2.59. The van der Waals surface area contributed by atoms with Gasteiger partial charge in [0.2, 0.25) is 5.91 Å². The van der Waals surface area contributed by atoms with Crippen LogP contribution in [-0.2, 0) is 10.2 Å². The number of hydrogen-bond donors (Lipinski definition) is 1. The topological polar surface area (TPSA) is 41.5 Å². The number of nitrogens with one attached hydrogen (secondary N) is 1. The van der Waals surface area contributed by atoms with Gasteiger partial charge in [0.05, 0.1) is 12.1 Å². The summed E-state index contributed by atoms with van der Waals surface area (Å²) in [5.74, 6) is -0.176. The first-order chi connectivity index (χ1) is 14.0. The Bertz CT molecular complexity index is 1010. The predicted octanol–water partition coefficient (Wildman–Crippen LogP) is 5.52. The molecule has 146 valence electrons. The molecule has 0 aromatic heterocycles. The van der Waals surface area contributed by atoms with Crippen LogP contribution in [-0.4, -0.2) is 12.1 Å². The second kappa shape index (κ2) is 7.96. The molecule has 1 saturated carbocycles. The minimum absolute atomic E-state index is 0.0441. The molecular formula is C25H23BrN2O. The van der Waals surface area contributed by atoms with E-state index in [9.17, 15) is 4.79 Å². The Kier molecular flexibility index (Phi) is 5.37. The Labute approximate surface area is 180 Å². The first kappa shape index (κ1) is 19.6. The van der Waals surface area contributed by atoms with Crippen LogP contribution in [0.4, 0.5) is 0 Å². The number of hydrazone groups is 1. The van der Waals surface area contributed by atoms with Crippen LogP contribution in [0.25, 0.3) is 0 Å². The maximum absolute atomic E-state index is 12.9. The van der Waals surface area contributed by atoms with Crippen molar-refractivity contribution in [1.29, 1.82) is 0 Å². The highest BCUT2D eigenvalue weighted by Gasteiger charge is 2.60. The average molecular weight is 447 g/mol. The van der Waals surface area contributed by atoms with Crippen LogP contribution in [0.3, 0.4) is 0 Å². The number of rotatable bonds is 5. The van der Waals surface area contributed by atoms with Gasteiger partial charge < -0.3 is 0 Å². The van der Waals surface area contributed by atoms with E-state index in [4.69, 9.17) is 0 Å². The molecule has 4 rings (SSSR count). The number of nitrogens with zero attached hydrogens (tertiary/aromatic N) is 1. The minimum atomic E-state index is -0.281. The fourth-order valence-corrected chi connectivity index (χ4v) is 4.34. The van der Waals surface area contributed by atoms with Gasteiger partial charge in [-0.1, -0.05) is 87.7 Å². The van der Waals surface area contributed by atoms with Crippen LogP contribution in [0.2, 0.25) is 0 Å². The van der Waals surface area contributed by atoms with Crippen molar-refractivity contribution in [3.8, 4) is 0 Å². The lowest BCUT2D eigenvalue weighted by molar-refractivity contribution is -0.122. The third-order valence-electron chi connectivity index (χ3n) is 5.65. The summed E-state index contributed by atoms with van der Waals surface area (Å²) in [7, 11) is 0. The molecule has 3 aromatic rings. The van der Waals surface area contributed by atoms with E-state index >= 15 is 0 Å². The Morgan fingerprint density at radius 1 is 1.00 bits per heavy atom. The van der Waals surface area contributed by atoms with Crippen LogP contribution in [0, 0.1) is 19.8 Å². The first-order valence-electron chi connectivity index (χ1n) is 9.72. The van der Waals surface area contributed by atoms with E-state index in [1.165, 1.54) is 22.3 Å². The average Bonchev–Trinajstić information content (AvgIpc) is 3.46. The molecular weight excluding hydrogens is 424 g/mol. The summed E-state index contributed by atoms with van der Waals surface area (Å²) in [5.41, 5.74) is 8.19. The number of aryl methyl sites for hydroxylation is 2. The van der Waals surface area contributed by atoms with Crippen molar-refractivity contribution < 1.29 is 4.79 Å². The maximum atomic E-state index is 12.9. The standard InChI is InChI=1S/C25H23BrN2O/c1-17-6-10-20(11-7-17)25(21-12-8-18(2)9-13-21)15-23(25)24(29)28-27-16-19-4-3-5-22(26)14-19/h3-14,16,23H,15H2,1-2H3,(H,28,29)/b27-16-/t23-/m1/s1. The summed E-state index contributed by atoms with van der Waals surface area (Å²) in [6.45, 7) is 4.16. The van der Waals surface area contributed by atoms with E-state index < -0.39 is 0 Å². The van der Waals surface area contributed by atoms with Gasteiger partial charge in [0, 0.05) is 9.89 Å². The van der Waals surface area contributed by atoms with Crippen molar-refractivity contribution in [2.45, 2.75) is 25.7 Å². The van der Waals surface area contributed by atoms with Crippen LogP contribution in [0.5, 0.6) is 0 Å². The molecule has 0 saturated heterocycles. The number of benzene rings is 3. The summed E-state index contributed by atoms with van der Waals surface area (Å²) in [5, 5.41) is 4.18. The molecule has 4 heteroatoms. The molecule has 0 radical (unpaired) electrons. The second-order valence-corrected chi connectivity index (χ2v) is 8.67. The molecule has 1 N–H and O–H groups in total. The second-order valence-electron chi connectivity index (χ2n) is 7.75. The highest BCUT2D eigenvalue weighted by atomic mass is 79.9. The minimum Gasteiger partial charge on any atom is -0.273 e. The lowest BCUT2D eigenvalue weighted by Gasteiger charge is -2.19. The maximum Gasteiger partial charge on any atom is 0.244 e. The molecule has 1 aliphatic rings. The Morgan fingerprint density at radius 3 is 2.14 bits per heavy atom. The third-order valence-corrected chi connectivity index (χ3v) is 6.14. The van der Waals surface area contributed by atoms with Gasteiger partial charge in [-0.3, -0.25) is 4.79 Å². The summed E-state index contributed by atoms with van der Waals surface area (Å²) < 4.78 is 0.979. The van der Waals surface area contributed by atoms with Crippen molar-refractivity contribution in [2.75, 3.05) is 0 Å². The molecule has 29 heavy (non-hydrogen) atoms. The van der Waals surface area contributed by atoms with Gasteiger partial charge in [0.25, 0.3) is 0 Å². The fraction of sp³-hybridized carbons (Fsp3) is 0.200. The van der Waals surface area contributed by atoms with Gasteiger partial charge >= 0.3 is 0 Å². The normalized spacial score (nSPS) is 17.3. The van der Waals surface area contributed by atoms with Crippen LogP contribution in [0.1, 0.15) is 34.2 Å². The van der Waals surface area contributed by atoms with Crippen molar-refractivity contribution in [2.24, 2.45) is 11.0 Å². The molecule has 0 unspecified atom stereocenters. The van der Waals surface area contributed by atoms with Gasteiger partial charge in [-0.15, -0.1) is 0 Å². The molecule has 1 atom stereocenters. The molecule has 0 bridgehead atoms. The van der Waals surface area contributed by atoms with E-state index in [0.29, 0.717) is 0 Å². The van der Waals surface area contributed by atoms with Gasteiger partial charge in [-0.05, 0) is 49.1 Å². The van der Waals surface area contributed by atoms with E-state index in [0.717, 1.165) is 16.5 Å². The summed E-state index contributed by atoms with van der Waals surface area (Å²) in [6, 6.07) is 24.8. The molecule has 1 aliphatic carbocycles. The molecule has 0 spiro atoms. The summed E-state index contributed by atoms with van der Waals surface area (Å²) in [6.07, 6.45) is 2.46. The quantitative estimate of drug-likeness (QED) is 0.406. The fourth-order valence-electron chi connectivity index (χ4n) is 3.92. The number of amides is 1. The van der Waals surface area contributed by atoms with Gasteiger partial charge in [-0.2, -0.15) is 5.10 Å². The highest BCUT2D eigenvalue weighted by molar-refractivity contribution is 9.10. The van der Waals surface area contributed by atoms with Gasteiger partial charge in [0.15, 0.2) is 0 Å². The van der Waals surface area contributed by atoms with Crippen LogP contribution >= 0.6 is 15.9 Å². The van der Waals surface area contributed by atoms with Gasteiger partial charge in [-0.25, -0.2) is 5.43 Å². The van der Waals surface area contributed by atoms with Crippen molar-refractivity contribution in [3.63, 3.8) is 0 Å². The number of hydrogen-bond acceptors (Lipinski definition) is 2. The smallest absolute Gasteiger partial charge is 0.244 e. The number of carbonyl (C=O) groups is 1. The largest absolute Gasteiger partial charge is 0.273 e. The predicted molar refractivity (Wildman–Crippen MR) is 121 cm³/mol. The molecule has 3 nitrogen and oxygen atoms in total. The van der Waals surface area contributed by atoms with Crippen molar-refractivity contribution in [3.05, 3.63) is 105 Å². The van der Waals surface area contributed by atoms with E-state index in [-0.39, 0.29) is 17.2 Å². The zero-order chi connectivity index (χ0) is 20.4. The van der Waals surface area contributed by atoms with Crippen LogP contribution < -0.4 is 5.43 Å².